The van der Waals surface area contributed by atoms with Crippen molar-refractivity contribution in [3.05, 3.63) is 0 Å². The monoisotopic (exact) mass is 230 g/mol. The third-order valence-corrected chi connectivity index (χ3v) is 2.47. The Morgan fingerprint density at radius 1 is 1.44 bits per heavy atom. The van der Waals surface area contributed by atoms with Gasteiger partial charge in [-0.3, -0.25) is 5.43 Å². The maximum absolute atomic E-state index is 11.4. The van der Waals surface area contributed by atoms with Crippen molar-refractivity contribution < 1.29 is 14.3 Å². The Hall–Kier alpha value is -0.810. The van der Waals surface area contributed by atoms with E-state index in [2.05, 4.69) is 10.9 Å². The second-order valence-electron chi connectivity index (χ2n) is 5.56. The standard InChI is InChI=1S/C11H22N2O3/c1-10(2,3)16-9(14)13-12-8-6-7-15-11(8,4)5/h8,12H,6-7H2,1-5H3,(H,13,14). The SMILES string of the molecule is CC(C)(C)OC(=O)NNC1CCOC1(C)C. The van der Waals surface area contributed by atoms with Crippen LogP contribution in [-0.2, 0) is 9.47 Å². The number of ether oxygens (including phenoxy) is 2. The van der Waals surface area contributed by atoms with Gasteiger partial charge in [-0.2, -0.15) is 0 Å². The van der Waals surface area contributed by atoms with Crippen molar-refractivity contribution in [2.75, 3.05) is 6.61 Å². The number of carbonyl (C=O) groups is 1. The molecule has 1 unspecified atom stereocenters. The molecule has 1 aliphatic heterocycles. The van der Waals surface area contributed by atoms with Gasteiger partial charge in [0.25, 0.3) is 0 Å². The fourth-order valence-corrected chi connectivity index (χ4v) is 1.58. The minimum atomic E-state index is -0.479. The molecule has 1 atom stereocenters. The highest BCUT2D eigenvalue weighted by Gasteiger charge is 2.36. The minimum absolute atomic E-state index is 0.111. The predicted octanol–water partition coefficient (Wildman–Crippen LogP) is 1.58. The molecule has 1 heterocycles. The molecule has 5 nitrogen and oxygen atoms in total. The minimum Gasteiger partial charge on any atom is -0.443 e. The molecule has 1 fully saturated rings. The summed E-state index contributed by atoms with van der Waals surface area (Å²) in [4.78, 5) is 11.4. The number of nitrogens with one attached hydrogen (secondary N) is 2. The summed E-state index contributed by atoms with van der Waals surface area (Å²) in [6, 6.07) is 0.111. The van der Waals surface area contributed by atoms with Gasteiger partial charge in [0, 0.05) is 6.61 Å². The second kappa shape index (κ2) is 4.59. The van der Waals surface area contributed by atoms with E-state index in [1.165, 1.54) is 0 Å². The molecule has 16 heavy (non-hydrogen) atoms. The van der Waals surface area contributed by atoms with E-state index in [4.69, 9.17) is 9.47 Å². The van der Waals surface area contributed by atoms with Crippen LogP contribution in [0.2, 0.25) is 0 Å². The Kier molecular flexibility index (Phi) is 3.80. The molecule has 0 saturated carbocycles. The van der Waals surface area contributed by atoms with Gasteiger partial charge in [0.05, 0.1) is 11.6 Å². The van der Waals surface area contributed by atoms with Crippen LogP contribution in [0.5, 0.6) is 0 Å². The fraction of sp³-hybridized carbons (Fsp3) is 0.909. The smallest absolute Gasteiger partial charge is 0.422 e. The largest absolute Gasteiger partial charge is 0.443 e. The Morgan fingerprint density at radius 2 is 2.06 bits per heavy atom. The van der Waals surface area contributed by atoms with Gasteiger partial charge in [-0.15, -0.1) is 0 Å². The van der Waals surface area contributed by atoms with Crippen molar-refractivity contribution in [2.24, 2.45) is 0 Å². The fourth-order valence-electron chi connectivity index (χ4n) is 1.58. The highest BCUT2D eigenvalue weighted by Crippen LogP contribution is 2.24. The molecular formula is C11H22N2O3. The maximum Gasteiger partial charge on any atom is 0.422 e. The van der Waals surface area contributed by atoms with Gasteiger partial charge in [-0.1, -0.05) is 0 Å². The highest BCUT2D eigenvalue weighted by atomic mass is 16.6. The molecule has 1 saturated heterocycles. The van der Waals surface area contributed by atoms with E-state index >= 15 is 0 Å². The van der Waals surface area contributed by atoms with Crippen LogP contribution in [-0.4, -0.2) is 29.9 Å². The topological polar surface area (TPSA) is 59.6 Å². The van der Waals surface area contributed by atoms with Gasteiger partial charge in [-0.25, -0.2) is 10.2 Å². The Labute approximate surface area is 96.8 Å². The molecule has 0 aliphatic carbocycles. The molecule has 94 valence electrons. The number of hydrogen-bond donors (Lipinski definition) is 2. The summed E-state index contributed by atoms with van der Waals surface area (Å²) < 4.78 is 10.6. The van der Waals surface area contributed by atoms with Gasteiger partial charge < -0.3 is 9.47 Å². The summed E-state index contributed by atoms with van der Waals surface area (Å²) >= 11 is 0. The molecule has 5 heteroatoms. The lowest BCUT2D eigenvalue weighted by Crippen LogP contribution is -2.52. The van der Waals surface area contributed by atoms with Crippen molar-refractivity contribution in [2.45, 2.75) is 58.3 Å². The first-order valence-electron chi connectivity index (χ1n) is 5.59. The first-order valence-corrected chi connectivity index (χ1v) is 5.59. The number of rotatable bonds is 2. The van der Waals surface area contributed by atoms with Crippen molar-refractivity contribution >= 4 is 6.09 Å². The zero-order valence-corrected chi connectivity index (χ0v) is 10.7. The Morgan fingerprint density at radius 3 is 2.50 bits per heavy atom. The predicted molar refractivity (Wildman–Crippen MR) is 60.9 cm³/mol. The Balaban J connectivity index is 2.32. The second-order valence-corrected chi connectivity index (χ2v) is 5.56. The lowest BCUT2D eigenvalue weighted by Gasteiger charge is -2.27. The van der Waals surface area contributed by atoms with Gasteiger partial charge >= 0.3 is 6.09 Å². The molecule has 1 amide bonds. The zero-order chi connectivity index (χ0) is 12.4. The number of hydrazine groups is 1. The molecule has 0 bridgehead atoms. The van der Waals surface area contributed by atoms with Crippen LogP contribution in [0.4, 0.5) is 4.79 Å². The first-order chi connectivity index (χ1) is 7.21. The summed E-state index contributed by atoms with van der Waals surface area (Å²) in [7, 11) is 0. The number of carbonyl (C=O) groups excluding carboxylic acids is 1. The third kappa shape index (κ3) is 3.98. The maximum atomic E-state index is 11.4. The molecular weight excluding hydrogens is 208 g/mol. The highest BCUT2D eigenvalue weighted by molar-refractivity contribution is 5.67. The van der Waals surface area contributed by atoms with Gasteiger partial charge in [0.2, 0.25) is 0 Å². The molecule has 0 aromatic rings. The average Bonchev–Trinajstić information content (AvgIpc) is 2.38. The van der Waals surface area contributed by atoms with Gasteiger partial charge in [0.15, 0.2) is 0 Å². The van der Waals surface area contributed by atoms with Crippen LogP contribution in [0.25, 0.3) is 0 Å². The van der Waals surface area contributed by atoms with Crippen LogP contribution in [0.1, 0.15) is 41.0 Å². The van der Waals surface area contributed by atoms with E-state index in [1.807, 2.05) is 34.6 Å². The van der Waals surface area contributed by atoms with Crippen LogP contribution < -0.4 is 10.9 Å². The van der Waals surface area contributed by atoms with E-state index in [1.54, 1.807) is 0 Å². The van der Waals surface area contributed by atoms with Crippen LogP contribution in [0.15, 0.2) is 0 Å². The van der Waals surface area contributed by atoms with Crippen LogP contribution in [0.3, 0.4) is 0 Å². The molecule has 0 aromatic carbocycles. The average molecular weight is 230 g/mol. The number of hydrogen-bond acceptors (Lipinski definition) is 4. The summed E-state index contributed by atoms with van der Waals surface area (Å²) in [5.41, 5.74) is 4.76. The van der Waals surface area contributed by atoms with E-state index in [0.717, 1.165) is 6.42 Å². The van der Waals surface area contributed by atoms with Crippen LogP contribution in [0, 0.1) is 0 Å². The van der Waals surface area contributed by atoms with Gasteiger partial charge in [-0.05, 0) is 41.0 Å². The quantitative estimate of drug-likeness (QED) is 0.707. The summed E-state index contributed by atoms with van der Waals surface area (Å²) in [6.07, 6.45) is 0.415. The summed E-state index contributed by atoms with van der Waals surface area (Å²) in [5.74, 6) is 0. The molecule has 0 aromatic heterocycles. The first kappa shape index (κ1) is 13.3. The zero-order valence-electron chi connectivity index (χ0n) is 10.7. The van der Waals surface area contributed by atoms with E-state index in [0.29, 0.717) is 6.61 Å². The summed E-state index contributed by atoms with van der Waals surface area (Å²) in [6.45, 7) is 10.2. The Bertz CT molecular complexity index is 258. The molecule has 0 radical (unpaired) electrons. The third-order valence-electron chi connectivity index (χ3n) is 2.47. The molecule has 2 N–H and O–H groups in total. The van der Waals surface area contributed by atoms with E-state index < -0.39 is 11.7 Å². The lowest BCUT2D eigenvalue weighted by atomic mass is 10.0. The number of amides is 1. The van der Waals surface area contributed by atoms with Crippen molar-refractivity contribution in [1.82, 2.24) is 10.9 Å². The van der Waals surface area contributed by atoms with Crippen molar-refractivity contribution in [3.63, 3.8) is 0 Å². The summed E-state index contributed by atoms with van der Waals surface area (Å²) in [5, 5.41) is 0. The normalized spacial score (nSPS) is 24.2. The van der Waals surface area contributed by atoms with E-state index in [9.17, 15) is 4.79 Å². The molecule has 0 spiro atoms. The van der Waals surface area contributed by atoms with E-state index in [-0.39, 0.29) is 11.6 Å². The van der Waals surface area contributed by atoms with Crippen LogP contribution >= 0.6 is 0 Å². The van der Waals surface area contributed by atoms with Crippen molar-refractivity contribution in [3.8, 4) is 0 Å². The van der Waals surface area contributed by atoms with Crippen molar-refractivity contribution in [1.29, 1.82) is 0 Å². The molecule has 1 aliphatic rings. The van der Waals surface area contributed by atoms with Gasteiger partial charge in [0.1, 0.15) is 5.60 Å². The molecule has 1 rings (SSSR count). The lowest BCUT2D eigenvalue weighted by molar-refractivity contribution is 0.0153.